The van der Waals surface area contributed by atoms with Crippen LogP contribution < -0.4 is 16.0 Å². The maximum absolute atomic E-state index is 11.4. The topological polar surface area (TPSA) is 53.2 Å². The average Bonchev–Trinajstić information content (AvgIpc) is 2.36. The molecule has 1 aromatic rings. The van der Waals surface area contributed by atoms with Gasteiger partial charge in [0, 0.05) is 11.7 Å². The summed E-state index contributed by atoms with van der Waals surface area (Å²) in [6, 6.07) is 8.19. The van der Waals surface area contributed by atoms with Crippen molar-refractivity contribution in [3.8, 4) is 0 Å². The highest BCUT2D eigenvalue weighted by atomic mass is 32.1. The second-order valence-electron chi connectivity index (χ2n) is 4.58. The van der Waals surface area contributed by atoms with E-state index in [0.29, 0.717) is 5.11 Å². The molecule has 0 fully saturated rings. The summed E-state index contributed by atoms with van der Waals surface area (Å²) in [7, 11) is 0. The molecule has 0 heterocycles. The normalized spacial score (nSPS) is 10.1. The van der Waals surface area contributed by atoms with E-state index in [4.69, 9.17) is 12.2 Å². The number of carbonyl (C=O) groups is 1. The molecule has 0 aromatic heterocycles. The molecular formula is C14H21N3OS. The Morgan fingerprint density at radius 1 is 1.26 bits per heavy atom. The number of amides is 1. The number of benzene rings is 1. The summed E-state index contributed by atoms with van der Waals surface area (Å²) in [6.45, 7) is 6.13. The smallest absolute Gasteiger partial charge is 0.239 e. The van der Waals surface area contributed by atoms with Gasteiger partial charge in [0.25, 0.3) is 0 Å². The fourth-order valence-electron chi connectivity index (χ4n) is 1.53. The largest absolute Gasteiger partial charge is 0.353 e. The summed E-state index contributed by atoms with van der Waals surface area (Å²) in [6.07, 6.45) is 1.01. The van der Waals surface area contributed by atoms with Crippen LogP contribution >= 0.6 is 12.2 Å². The van der Waals surface area contributed by atoms with Gasteiger partial charge in [-0.3, -0.25) is 4.79 Å². The minimum atomic E-state index is -0.0690. The van der Waals surface area contributed by atoms with Gasteiger partial charge in [-0.05, 0) is 50.2 Å². The zero-order valence-corrected chi connectivity index (χ0v) is 12.4. The van der Waals surface area contributed by atoms with Crippen molar-refractivity contribution >= 4 is 28.9 Å². The third-order valence-electron chi connectivity index (χ3n) is 2.48. The highest BCUT2D eigenvalue weighted by Crippen LogP contribution is 2.09. The van der Waals surface area contributed by atoms with Crippen molar-refractivity contribution in [2.75, 3.05) is 11.9 Å². The van der Waals surface area contributed by atoms with Gasteiger partial charge in [0.05, 0.1) is 6.54 Å². The molecule has 0 aliphatic rings. The van der Waals surface area contributed by atoms with Crippen molar-refractivity contribution in [1.29, 1.82) is 0 Å². The molecule has 4 nitrogen and oxygen atoms in total. The Kier molecular flexibility index (Phi) is 6.29. The first-order valence-electron chi connectivity index (χ1n) is 6.44. The maximum Gasteiger partial charge on any atom is 0.239 e. The van der Waals surface area contributed by atoms with Gasteiger partial charge in [0.2, 0.25) is 5.91 Å². The molecule has 0 saturated carbocycles. The Morgan fingerprint density at radius 2 is 1.89 bits per heavy atom. The molecular weight excluding hydrogens is 258 g/mol. The lowest BCUT2D eigenvalue weighted by Crippen LogP contribution is -2.41. The molecule has 0 radical (unpaired) electrons. The van der Waals surface area contributed by atoms with Crippen LogP contribution in [0, 0.1) is 0 Å². The number of nitrogens with one attached hydrogen (secondary N) is 3. The summed E-state index contributed by atoms with van der Waals surface area (Å²) >= 11 is 5.13. The van der Waals surface area contributed by atoms with Crippen LogP contribution in [0.15, 0.2) is 24.3 Å². The quantitative estimate of drug-likeness (QED) is 0.722. The van der Waals surface area contributed by atoms with Crippen LogP contribution in [0.1, 0.15) is 26.3 Å². The molecule has 1 amide bonds. The van der Waals surface area contributed by atoms with Crippen molar-refractivity contribution in [1.82, 2.24) is 10.6 Å². The van der Waals surface area contributed by atoms with E-state index in [9.17, 15) is 4.79 Å². The van der Waals surface area contributed by atoms with Crippen molar-refractivity contribution < 1.29 is 4.79 Å². The van der Waals surface area contributed by atoms with E-state index in [-0.39, 0.29) is 18.5 Å². The Labute approximate surface area is 120 Å². The third-order valence-corrected chi connectivity index (χ3v) is 2.73. The van der Waals surface area contributed by atoms with Gasteiger partial charge in [-0.1, -0.05) is 19.1 Å². The van der Waals surface area contributed by atoms with Gasteiger partial charge in [-0.25, -0.2) is 0 Å². The molecule has 0 unspecified atom stereocenters. The number of hydrogen-bond acceptors (Lipinski definition) is 2. The molecule has 104 valence electrons. The molecule has 1 aromatic carbocycles. The van der Waals surface area contributed by atoms with Gasteiger partial charge in [-0.15, -0.1) is 0 Å². The summed E-state index contributed by atoms with van der Waals surface area (Å²) < 4.78 is 0. The van der Waals surface area contributed by atoms with Gasteiger partial charge in [-0.2, -0.15) is 0 Å². The van der Waals surface area contributed by atoms with Crippen LogP contribution in [0.5, 0.6) is 0 Å². The van der Waals surface area contributed by atoms with Gasteiger partial charge >= 0.3 is 0 Å². The summed E-state index contributed by atoms with van der Waals surface area (Å²) in [4.78, 5) is 11.4. The minimum Gasteiger partial charge on any atom is -0.353 e. The Balaban J connectivity index is 2.36. The predicted molar refractivity (Wildman–Crippen MR) is 83.3 cm³/mol. The summed E-state index contributed by atoms with van der Waals surface area (Å²) in [5.41, 5.74) is 2.19. The van der Waals surface area contributed by atoms with Crippen LogP contribution in [0.2, 0.25) is 0 Å². The van der Waals surface area contributed by atoms with Crippen LogP contribution in [0.4, 0.5) is 5.69 Å². The number of rotatable bonds is 5. The molecule has 0 aliphatic heterocycles. The Hall–Kier alpha value is -1.62. The SMILES string of the molecule is CCc1ccc(NC(=S)NCC(=O)NC(C)C)cc1. The van der Waals surface area contributed by atoms with E-state index < -0.39 is 0 Å². The summed E-state index contributed by atoms with van der Waals surface area (Å²) in [5.74, 6) is -0.0690. The summed E-state index contributed by atoms with van der Waals surface area (Å²) in [5, 5.41) is 9.15. The maximum atomic E-state index is 11.4. The average molecular weight is 279 g/mol. The lowest BCUT2D eigenvalue weighted by Gasteiger charge is -2.12. The Bertz CT molecular complexity index is 429. The zero-order valence-electron chi connectivity index (χ0n) is 11.6. The second-order valence-corrected chi connectivity index (χ2v) is 4.99. The lowest BCUT2D eigenvalue weighted by atomic mass is 10.1. The van der Waals surface area contributed by atoms with Gasteiger partial charge in [0.1, 0.15) is 0 Å². The number of thiocarbonyl (C=S) groups is 1. The van der Waals surface area contributed by atoms with Crippen LogP contribution in [0.3, 0.4) is 0 Å². The molecule has 3 N–H and O–H groups in total. The molecule has 19 heavy (non-hydrogen) atoms. The van der Waals surface area contributed by atoms with E-state index in [1.807, 2.05) is 26.0 Å². The number of carbonyl (C=O) groups excluding carboxylic acids is 1. The van der Waals surface area contributed by atoms with E-state index in [0.717, 1.165) is 12.1 Å². The van der Waals surface area contributed by atoms with Crippen molar-refractivity contribution in [3.05, 3.63) is 29.8 Å². The van der Waals surface area contributed by atoms with Crippen LogP contribution in [0.25, 0.3) is 0 Å². The molecule has 1 rings (SSSR count). The molecule has 0 atom stereocenters. The first-order chi connectivity index (χ1) is 9.01. The third kappa shape index (κ3) is 6.20. The van der Waals surface area contributed by atoms with Crippen molar-refractivity contribution in [2.45, 2.75) is 33.2 Å². The van der Waals surface area contributed by atoms with E-state index in [1.165, 1.54) is 5.56 Å². The molecule has 0 saturated heterocycles. The first-order valence-corrected chi connectivity index (χ1v) is 6.85. The Morgan fingerprint density at radius 3 is 2.42 bits per heavy atom. The zero-order chi connectivity index (χ0) is 14.3. The highest BCUT2D eigenvalue weighted by molar-refractivity contribution is 7.80. The van der Waals surface area contributed by atoms with Gasteiger partial charge < -0.3 is 16.0 Å². The number of anilines is 1. The van der Waals surface area contributed by atoms with Gasteiger partial charge in [0.15, 0.2) is 5.11 Å². The molecule has 0 spiro atoms. The first kappa shape index (κ1) is 15.4. The van der Waals surface area contributed by atoms with Crippen LogP contribution in [-0.2, 0) is 11.2 Å². The predicted octanol–water partition coefficient (Wildman–Crippen LogP) is 2.06. The molecule has 5 heteroatoms. The molecule has 0 bridgehead atoms. The van der Waals surface area contributed by atoms with E-state index >= 15 is 0 Å². The van der Waals surface area contributed by atoms with Crippen molar-refractivity contribution in [2.24, 2.45) is 0 Å². The monoisotopic (exact) mass is 279 g/mol. The van der Waals surface area contributed by atoms with Crippen LogP contribution in [-0.4, -0.2) is 23.6 Å². The number of aryl methyl sites for hydroxylation is 1. The fraction of sp³-hybridized carbons (Fsp3) is 0.429. The standard InChI is InChI=1S/C14H21N3OS/c1-4-11-5-7-12(8-6-11)17-14(19)15-9-13(18)16-10(2)3/h5-8,10H,4,9H2,1-3H3,(H,16,18)(H2,15,17,19). The lowest BCUT2D eigenvalue weighted by molar-refractivity contribution is -0.120. The fourth-order valence-corrected chi connectivity index (χ4v) is 1.72. The van der Waals surface area contributed by atoms with E-state index in [1.54, 1.807) is 0 Å². The second kappa shape index (κ2) is 7.74. The minimum absolute atomic E-state index is 0.0690. The molecule has 0 aliphatic carbocycles. The van der Waals surface area contributed by atoms with E-state index in [2.05, 4.69) is 35.0 Å². The van der Waals surface area contributed by atoms with Crippen molar-refractivity contribution in [3.63, 3.8) is 0 Å². The highest BCUT2D eigenvalue weighted by Gasteiger charge is 2.04. The number of hydrogen-bond donors (Lipinski definition) is 3.